The number of Topliss-reactive ketones (excluding diaryl/α,β-unsaturated/α-hetero) is 1. The predicted octanol–water partition coefficient (Wildman–Crippen LogP) is 1.14. The summed E-state index contributed by atoms with van der Waals surface area (Å²) in [5.74, 6) is 0.321. The van der Waals surface area contributed by atoms with E-state index in [1.165, 1.54) is 0 Å². The van der Waals surface area contributed by atoms with Gasteiger partial charge in [0.25, 0.3) is 0 Å². The molecule has 80 valence electrons. The molecule has 1 N–H and O–H groups in total. The number of carbonyl (C=O) groups is 1. The fraction of sp³-hybridized carbons (Fsp3) is 0.900. The van der Waals surface area contributed by atoms with E-state index in [1.807, 2.05) is 20.9 Å². The Balaban J connectivity index is 0. The zero-order chi connectivity index (χ0) is 10.4. The highest BCUT2D eigenvalue weighted by Crippen LogP contribution is 2.08. The number of hydrogen-bond donors (Lipinski definition) is 1. The first-order valence-corrected chi connectivity index (χ1v) is 5.09. The Hall–Kier alpha value is -0.410. The van der Waals surface area contributed by atoms with E-state index in [-0.39, 0.29) is 7.47 Å². The Morgan fingerprint density at radius 1 is 1.54 bits per heavy atom. The Morgan fingerprint density at radius 2 is 2.08 bits per heavy atom. The summed E-state index contributed by atoms with van der Waals surface area (Å²) in [6.07, 6.45) is 0. The van der Waals surface area contributed by atoms with E-state index < -0.39 is 0 Å². The number of likely N-dealkylation sites (tertiary alicyclic amines) is 1. The SMILES string of the molecule is CC.CNC1CN(C(C)C)CC1=O.[HH]. The Labute approximate surface area is 83.0 Å². The summed E-state index contributed by atoms with van der Waals surface area (Å²) in [6.45, 7) is 9.72. The second-order valence-electron chi connectivity index (χ2n) is 3.33. The van der Waals surface area contributed by atoms with Gasteiger partial charge in [-0.2, -0.15) is 0 Å². The second-order valence-corrected chi connectivity index (χ2v) is 3.33. The van der Waals surface area contributed by atoms with Crippen molar-refractivity contribution in [1.82, 2.24) is 10.2 Å². The number of ketones is 1. The summed E-state index contributed by atoms with van der Waals surface area (Å²) < 4.78 is 0. The standard InChI is InChI=1S/C8H16N2O.C2H6.H2/c1-6(2)10-4-7(9-3)8(11)5-10;1-2;/h6-7,9H,4-5H2,1-3H3;1-2H3;1H. The summed E-state index contributed by atoms with van der Waals surface area (Å²) in [5.41, 5.74) is 0. The molecule has 0 aromatic rings. The second kappa shape index (κ2) is 6.11. The molecule has 0 saturated carbocycles. The van der Waals surface area contributed by atoms with Crippen molar-refractivity contribution in [1.29, 1.82) is 0 Å². The van der Waals surface area contributed by atoms with E-state index in [4.69, 9.17) is 0 Å². The number of rotatable bonds is 2. The average molecular weight is 188 g/mol. The minimum Gasteiger partial charge on any atom is -0.309 e. The van der Waals surface area contributed by atoms with Gasteiger partial charge in [-0.15, -0.1) is 0 Å². The van der Waals surface area contributed by atoms with Gasteiger partial charge in [0.05, 0.1) is 12.6 Å². The van der Waals surface area contributed by atoms with Gasteiger partial charge in [0.1, 0.15) is 0 Å². The van der Waals surface area contributed by atoms with Gasteiger partial charge >= 0.3 is 0 Å². The molecule has 0 bridgehead atoms. The van der Waals surface area contributed by atoms with Crippen molar-refractivity contribution in [2.75, 3.05) is 20.1 Å². The molecule has 0 aromatic heterocycles. The number of likely N-dealkylation sites (N-methyl/N-ethyl adjacent to an activating group) is 1. The molecular weight excluding hydrogens is 164 g/mol. The van der Waals surface area contributed by atoms with Crippen LogP contribution in [-0.2, 0) is 4.79 Å². The van der Waals surface area contributed by atoms with Crippen LogP contribution in [0.3, 0.4) is 0 Å². The first kappa shape index (κ1) is 12.6. The summed E-state index contributed by atoms with van der Waals surface area (Å²) in [7, 11) is 1.84. The van der Waals surface area contributed by atoms with Crippen molar-refractivity contribution in [3.8, 4) is 0 Å². The lowest BCUT2D eigenvalue weighted by molar-refractivity contribution is -0.118. The van der Waals surface area contributed by atoms with Crippen molar-refractivity contribution in [2.45, 2.75) is 39.8 Å². The van der Waals surface area contributed by atoms with Gasteiger partial charge < -0.3 is 5.32 Å². The lowest BCUT2D eigenvalue weighted by Crippen LogP contribution is -2.34. The van der Waals surface area contributed by atoms with Gasteiger partial charge in [-0.3, -0.25) is 9.69 Å². The molecular formula is C10H24N2O. The van der Waals surface area contributed by atoms with Crippen molar-refractivity contribution in [3.05, 3.63) is 0 Å². The highest BCUT2D eigenvalue weighted by Gasteiger charge is 2.30. The highest BCUT2D eigenvalue weighted by molar-refractivity contribution is 5.88. The van der Waals surface area contributed by atoms with E-state index in [0.717, 1.165) is 6.54 Å². The monoisotopic (exact) mass is 188 g/mol. The molecule has 0 radical (unpaired) electrons. The van der Waals surface area contributed by atoms with Crippen LogP contribution >= 0.6 is 0 Å². The van der Waals surface area contributed by atoms with Gasteiger partial charge in [-0.1, -0.05) is 13.8 Å². The molecule has 1 saturated heterocycles. The van der Waals surface area contributed by atoms with Crippen LogP contribution < -0.4 is 5.32 Å². The van der Waals surface area contributed by atoms with Crippen LogP contribution in [0, 0.1) is 0 Å². The third kappa shape index (κ3) is 3.44. The predicted molar refractivity (Wildman–Crippen MR) is 58.0 cm³/mol. The number of carbonyl (C=O) groups excluding carboxylic acids is 1. The molecule has 1 heterocycles. The van der Waals surface area contributed by atoms with Crippen LogP contribution in [0.5, 0.6) is 0 Å². The fourth-order valence-electron chi connectivity index (χ4n) is 1.36. The lowest BCUT2D eigenvalue weighted by Gasteiger charge is -2.18. The quantitative estimate of drug-likeness (QED) is 0.705. The van der Waals surface area contributed by atoms with Gasteiger partial charge in [0, 0.05) is 14.0 Å². The molecule has 0 aliphatic carbocycles. The van der Waals surface area contributed by atoms with Crippen LogP contribution in [0.4, 0.5) is 0 Å². The molecule has 1 unspecified atom stereocenters. The van der Waals surface area contributed by atoms with Crippen molar-refractivity contribution < 1.29 is 6.22 Å². The van der Waals surface area contributed by atoms with Gasteiger partial charge in [-0.05, 0) is 20.9 Å². The summed E-state index contributed by atoms with van der Waals surface area (Å²) in [6, 6.07) is 0.551. The number of nitrogens with zero attached hydrogens (tertiary/aromatic N) is 1. The molecule has 1 fully saturated rings. The summed E-state index contributed by atoms with van der Waals surface area (Å²) in [4.78, 5) is 13.4. The van der Waals surface area contributed by atoms with Crippen molar-refractivity contribution in [2.24, 2.45) is 0 Å². The smallest absolute Gasteiger partial charge is 0.164 e. The van der Waals surface area contributed by atoms with Crippen molar-refractivity contribution in [3.63, 3.8) is 0 Å². The number of hydrogen-bond acceptors (Lipinski definition) is 3. The molecule has 0 spiro atoms. The Bertz CT molecular complexity index is 162. The van der Waals surface area contributed by atoms with Gasteiger partial charge in [0.15, 0.2) is 5.78 Å². The van der Waals surface area contributed by atoms with Crippen molar-refractivity contribution >= 4 is 5.78 Å². The van der Waals surface area contributed by atoms with E-state index in [1.54, 1.807) is 0 Å². The van der Waals surface area contributed by atoms with Crippen LogP contribution in [0.2, 0.25) is 0 Å². The van der Waals surface area contributed by atoms with Crippen LogP contribution in [0.15, 0.2) is 0 Å². The van der Waals surface area contributed by atoms with E-state index in [0.29, 0.717) is 18.4 Å². The maximum atomic E-state index is 11.2. The van der Waals surface area contributed by atoms with Crippen LogP contribution in [0.25, 0.3) is 0 Å². The molecule has 1 aliphatic rings. The van der Waals surface area contributed by atoms with E-state index >= 15 is 0 Å². The highest BCUT2D eigenvalue weighted by atomic mass is 16.1. The van der Waals surface area contributed by atoms with Crippen LogP contribution in [-0.4, -0.2) is 42.9 Å². The largest absolute Gasteiger partial charge is 0.309 e. The summed E-state index contributed by atoms with van der Waals surface area (Å²) >= 11 is 0. The Morgan fingerprint density at radius 3 is 2.31 bits per heavy atom. The fourth-order valence-corrected chi connectivity index (χ4v) is 1.36. The zero-order valence-electron chi connectivity index (χ0n) is 9.42. The molecule has 1 rings (SSSR count). The first-order chi connectivity index (χ1) is 6.15. The normalized spacial score (nSPS) is 23.2. The van der Waals surface area contributed by atoms with Crippen LogP contribution in [0.1, 0.15) is 29.1 Å². The van der Waals surface area contributed by atoms with E-state index in [9.17, 15) is 4.79 Å². The molecule has 13 heavy (non-hydrogen) atoms. The summed E-state index contributed by atoms with van der Waals surface area (Å²) in [5, 5.41) is 3.01. The number of nitrogens with one attached hydrogen (secondary N) is 1. The molecule has 1 aliphatic heterocycles. The molecule has 0 amide bonds. The zero-order valence-corrected chi connectivity index (χ0v) is 9.42. The third-order valence-electron chi connectivity index (χ3n) is 2.24. The minimum absolute atomic E-state index is 0. The maximum absolute atomic E-state index is 11.2. The minimum atomic E-state index is 0. The molecule has 1 atom stereocenters. The topological polar surface area (TPSA) is 32.3 Å². The lowest BCUT2D eigenvalue weighted by atomic mass is 10.2. The average Bonchev–Trinajstić information content (AvgIpc) is 2.50. The van der Waals surface area contributed by atoms with E-state index in [2.05, 4.69) is 24.1 Å². The molecule has 3 nitrogen and oxygen atoms in total. The van der Waals surface area contributed by atoms with Gasteiger partial charge in [0.2, 0.25) is 0 Å². The maximum Gasteiger partial charge on any atom is 0.164 e. The Kier molecular flexibility index (Phi) is 5.91. The third-order valence-corrected chi connectivity index (χ3v) is 2.24. The molecule has 0 aromatic carbocycles. The first-order valence-electron chi connectivity index (χ1n) is 5.09. The molecule has 3 heteroatoms. The van der Waals surface area contributed by atoms with Gasteiger partial charge in [-0.25, -0.2) is 0 Å².